The van der Waals surface area contributed by atoms with Crippen LogP contribution in [0.2, 0.25) is 0 Å². The Bertz CT molecular complexity index is 1160. The standard InChI is InChI=1S/C36H50O6/c1-5-34(3)20-31(38)35(4)29(23-41-24-39-21-27-12-8-6-9-13-27)16-18-36(19-17-30(37)32(35)36)26(2)33(34)42-25-40-22-28-14-10-7-11-15-28/h6-15,26,29,31-33,38H,5,16-25H2,1-4H3/t26-,29-,31+,32?,33-,34+,35-,36-/m0/s1. The molecule has 1 unspecified atom stereocenters. The molecule has 0 heterocycles. The van der Waals surface area contributed by atoms with Crippen molar-refractivity contribution in [2.75, 3.05) is 20.2 Å². The van der Waals surface area contributed by atoms with Gasteiger partial charge in [-0.25, -0.2) is 0 Å². The summed E-state index contributed by atoms with van der Waals surface area (Å²) >= 11 is 0. The number of aliphatic hydroxyl groups is 1. The van der Waals surface area contributed by atoms with Gasteiger partial charge in [0.25, 0.3) is 0 Å². The first kappa shape index (κ1) is 31.3. The number of carbonyl (C=O) groups excluding carboxylic acids is 1. The summed E-state index contributed by atoms with van der Waals surface area (Å²) in [5.41, 5.74) is 1.19. The molecule has 1 N–H and O–H groups in total. The lowest BCUT2D eigenvalue weighted by Gasteiger charge is -2.62. The van der Waals surface area contributed by atoms with E-state index < -0.39 is 11.5 Å². The molecule has 3 aliphatic carbocycles. The van der Waals surface area contributed by atoms with Crippen LogP contribution in [0.1, 0.15) is 77.3 Å². The molecule has 0 aliphatic heterocycles. The third kappa shape index (κ3) is 5.98. The Hall–Kier alpha value is -2.09. The molecule has 2 aromatic rings. The average molecular weight is 579 g/mol. The second-order valence-corrected chi connectivity index (χ2v) is 13.6. The maximum absolute atomic E-state index is 13.8. The number of hydrogen-bond acceptors (Lipinski definition) is 6. The van der Waals surface area contributed by atoms with Crippen LogP contribution in [-0.4, -0.2) is 43.3 Å². The van der Waals surface area contributed by atoms with Crippen LogP contribution in [0.5, 0.6) is 0 Å². The minimum atomic E-state index is -0.642. The van der Waals surface area contributed by atoms with Crippen LogP contribution in [-0.2, 0) is 37.0 Å². The van der Waals surface area contributed by atoms with E-state index in [1.54, 1.807) is 0 Å². The zero-order valence-corrected chi connectivity index (χ0v) is 25.9. The fourth-order valence-electron chi connectivity index (χ4n) is 8.85. The molecule has 230 valence electrons. The van der Waals surface area contributed by atoms with Gasteiger partial charge in [-0.05, 0) is 65.9 Å². The minimum absolute atomic E-state index is 0.0768. The van der Waals surface area contributed by atoms with E-state index in [2.05, 4.69) is 39.8 Å². The van der Waals surface area contributed by atoms with Gasteiger partial charge in [0.1, 0.15) is 19.4 Å². The summed E-state index contributed by atoms with van der Waals surface area (Å²) in [6.07, 6.45) is 3.98. The molecule has 0 radical (unpaired) electrons. The zero-order valence-electron chi connectivity index (χ0n) is 25.9. The Balaban J connectivity index is 1.31. The van der Waals surface area contributed by atoms with E-state index in [9.17, 15) is 9.90 Å². The maximum atomic E-state index is 13.8. The molecule has 8 atom stereocenters. The highest BCUT2D eigenvalue weighted by Gasteiger charge is 2.68. The summed E-state index contributed by atoms with van der Waals surface area (Å²) in [5.74, 6) is 0.322. The first-order chi connectivity index (χ1) is 20.2. The van der Waals surface area contributed by atoms with Crippen molar-refractivity contribution in [3.63, 3.8) is 0 Å². The van der Waals surface area contributed by atoms with Crippen molar-refractivity contribution in [1.29, 1.82) is 0 Å². The minimum Gasteiger partial charge on any atom is -0.393 e. The van der Waals surface area contributed by atoms with Gasteiger partial charge in [-0.3, -0.25) is 4.79 Å². The van der Waals surface area contributed by atoms with Gasteiger partial charge in [0, 0.05) is 17.8 Å². The number of Topliss-reactive ketones (excluding diaryl/α,β-unsaturated/α-hetero) is 1. The Morgan fingerprint density at radius 1 is 0.881 bits per heavy atom. The van der Waals surface area contributed by atoms with Crippen LogP contribution in [0.4, 0.5) is 0 Å². The molecular weight excluding hydrogens is 528 g/mol. The summed E-state index contributed by atoms with van der Waals surface area (Å²) in [6.45, 7) is 10.8. The van der Waals surface area contributed by atoms with Crippen molar-refractivity contribution < 1.29 is 28.8 Å². The van der Waals surface area contributed by atoms with E-state index in [0.717, 1.165) is 36.8 Å². The van der Waals surface area contributed by atoms with Gasteiger partial charge in [-0.15, -0.1) is 0 Å². The van der Waals surface area contributed by atoms with Crippen LogP contribution in [0.3, 0.4) is 0 Å². The van der Waals surface area contributed by atoms with Crippen molar-refractivity contribution in [2.45, 2.75) is 91.6 Å². The van der Waals surface area contributed by atoms with Crippen molar-refractivity contribution in [3.05, 3.63) is 71.8 Å². The molecule has 0 aromatic heterocycles. The largest absolute Gasteiger partial charge is 0.393 e. The molecule has 3 saturated carbocycles. The van der Waals surface area contributed by atoms with Crippen molar-refractivity contribution in [1.82, 2.24) is 0 Å². The fraction of sp³-hybridized carbons (Fsp3) is 0.639. The second kappa shape index (κ2) is 13.3. The summed E-state index contributed by atoms with van der Waals surface area (Å²) in [4.78, 5) is 13.8. The van der Waals surface area contributed by atoms with Crippen LogP contribution < -0.4 is 0 Å². The highest BCUT2D eigenvalue weighted by Crippen LogP contribution is 2.68. The Labute approximate surface area is 252 Å². The molecule has 3 fully saturated rings. The molecule has 0 spiro atoms. The van der Waals surface area contributed by atoms with E-state index in [1.807, 2.05) is 48.5 Å². The topological polar surface area (TPSA) is 74.2 Å². The van der Waals surface area contributed by atoms with Gasteiger partial charge < -0.3 is 24.1 Å². The number of benzene rings is 2. The lowest BCUT2D eigenvalue weighted by Crippen LogP contribution is -2.64. The number of ketones is 1. The van der Waals surface area contributed by atoms with Gasteiger partial charge in [0.2, 0.25) is 0 Å². The average Bonchev–Trinajstić information content (AvgIpc) is 3.36. The SMILES string of the molecule is CC[C@]1(C)C[C@@H](O)[C@@]2(C)C3C(=O)CC[C@@]3(CC[C@H]2COCOCc2ccccc2)[C@@H](C)[C@@H]1OCOCc1ccccc1. The highest BCUT2D eigenvalue weighted by molar-refractivity contribution is 5.85. The highest BCUT2D eigenvalue weighted by atomic mass is 16.7. The number of aliphatic hydroxyl groups excluding tert-OH is 1. The lowest BCUT2D eigenvalue weighted by molar-refractivity contribution is -0.234. The summed E-state index contributed by atoms with van der Waals surface area (Å²) < 4.78 is 24.5. The predicted octanol–water partition coefficient (Wildman–Crippen LogP) is 6.94. The number of ether oxygens (including phenoxy) is 4. The van der Waals surface area contributed by atoms with E-state index >= 15 is 0 Å². The molecule has 2 bridgehead atoms. The summed E-state index contributed by atoms with van der Waals surface area (Å²) in [7, 11) is 0. The Kier molecular flexibility index (Phi) is 9.90. The van der Waals surface area contributed by atoms with Crippen molar-refractivity contribution in [2.24, 2.45) is 34.0 Å². The summed E-state index contributed by atoms with van der Waals surface area (Å²) in [5, 5.41) is 12.1. The molecule has 6 nitrogen and oxygen atoms in total. The van der Waals surface area contributed by atoms with Gasteiger partial charge in [0.05, 0.1) is 32.0 Å². The smallest absolute Gasteiger partial charge is 0.147 e. The number of hydrogen-bond donors (Lipinski definition) is 1. The van der Waals surface area contributed by atoms with Crippen LogP contribution in [0.25, 0.3) is 0 Å². The van der Waals surface area contributed by atoms with Gasteiger partial charge in [-0.1, -0.05) is 88.4 Å². The van der Waals surface area contributed by atoms with E-state index in [1.165, 1.54) is 0 Å². The third-order valence-electron chi connectivity index (χ3n) is 11.5. The zero-order chi connectivity index (χ0) is 29.8. The lowest BCUT2D eigenvalue weighted by atomic mass is 9.43. The van der Waals surface area contributed by atoms with Crippen LogP contribution in [0.15, 0.2) is 60.7 Å². The third-order valence-corrected chi connectivity index (χ3v) is 11.5. The fourth-order valence-corrected chi connectivity index (χ4v) is 8.85. The monoisotopic (exact) mass is 578 g/mol. The van der Waals surface area contributed by atoms with Gasteiger partial charge >= 0.3 is 0 Å². The molecule has 0 saturated heterocycles. The molecule has 42 heavy (non-hydrogen) atoms. The molecule has 2 aromatic carbocycles. The number of rotatable bonds is 12. The van der Waals surface area contributed by atoms with Gasteiger partial charge in [0.15, 0.2) is 0 Å². The van der Waals surface area contributed by atoms with Crippen LogP contribution >= 0.6 is 0 Å². The van der Waals surface area contributed by atoms with Crippen molar-refractivity contribution in [3.8, 4) is 0 Å². The Morgan fingerprint density at radius 3 is 2.12 bits per heavy atom. The van der Waals surface area contributed by atoms with Gasteiger partial charge in [-0.2, -0.15) is 0 Å². The first-order valence-corrected chi connectivity index (χ1v) is 15.9. The number of carbonyl (C=O) groups is 1. The molecule has 3 aliphatic rings. The Morgan fingerprint density at radius 2 is 1.50 bits per heavy atom. The molecular formula is C36H50O6. The van der Waals surface area contributed by atoms with Crippen molar-refractivity contribution >= 4 is 5.78 Å². The quantitative estimate of drug-likeness (QED) is 0.217. The molecule has 5 rings (SSSR count). The first-order valence-electron chi connectivity index (χ1n) is 15.9. The normalized spacial score (nSPS) is 36.3. The molecule has 6 heteroatoms. The predicted molar refractivity (Wildman–Crippen MR) is 162 cm³/mol. The van der Waals surface area contributed by atoms with E-state index in [-0.39, 0.29) is 48.3 Å². The summed E-state index contributed by atoms with van der Waals surface area (Å²) in [6, 6.07) is 20.2. The molecule has 0 amide bonds. The van der Waals surface area contributed by atoms with E-state index in [4.69, 9.17) is 18.9 Å². The van der Waals surface area contributed by atoms with E-state index in [0.29, 0.717) is 38.4 Å². The maximum Gasteiger partial charge on any atom is 0.147 e. The van der Waals surface area contributed by atoms with Crippen LogP contribution in [0, 0.1) is 34.0 Å². The second-order valence-electron chi connectivity index (χ2n) is 13.6.